The maximum absolute atomic E-state index is 10.5. The highest BCUT2D eigenvalue weighted by Crippen LogP contribution is 2.13. The van der Waals surface area contributed by atoms with E-state index in [0.29, 0.717) is 6.54 Å². The van der Waals surface area contributed by atoms with Crippen molar-refractivity contribution in [2.75, 3.05) is 0 Å². The van der Waals surface area contributed by atoms with Gasteiger partial charge < -0.3 is 14.5 Å². The van der Waals surface area contributed by atoms with E-state index in [1.54, 1.807) is 4.57 Å². The normalized spacial score (nSPS) is 15.7. The van der Waals surface area contributed by atoms with Crippen LogP contribution in [0.1, 0.15) is 29.3 Å². The molecule has 0 saturated carbocycles. The number of hydrogen-bond acceptors (Lipinski definition) is 4. The Balaban J connectivity index is 2.44. The summed E-state index contributed by atoms with van der Waals surface area (Å²) < 4.78 is 1.62. The Morgan fingerprint density at radius 2 is 2.25 bits per heavy atom. The molecule has 5 heteroatoms. The number of carbonyl (C=O) groups excluding carboxylic acids is 1. The number of hydrogen-bond donors (Lipinski definition) is 0. The molecule has 2 heterocycles. The molecule has 0 fully saturated rings. The second kappa shape index (κ2) is 2.58. The largest absolute Gasteiger partial charge is 0.541 e. The van der Waals surface area contributed by atoms with Gasteiger partial charge in [-0.25, -0.2) is 0 Å². The van der Waals surface area contributed by atoms with Crippen molar-refractivity contribution >= 4 is 5.97 Å². The van der Waals surface area contributed by atoms with E-state index in [9.17, 15) is 9.90 Å². The van der Waals surface area contributed by atoms with Gasteiger partial charge in [0, 0.05) is 13.0 Å². The van der Waals surface area contributed by atoms with Crippen LogP contribution in [0.15, 0.2) is 0 Å². The van der Waals surface area contributed by atoms with Gasteiger partial charge in [0.1, 0.15) is 11.8 Å². The van der Waals surface area contributed by atoms with Crippen LogP contribution in [-0.2, 0) is 13.0 Å². The van der Waals surface area contributed by atoms with Gasteiger partial charge in [0.05, 0.1) is 0 Å². The fraction of sp³-hybridized carbons (Fsp3) is 0.571. The van der Waals surface area contributed by atoms with Crippen LogP contribution in [0.3, 0.4) is 0 Å². The summed E-state index contributed by atoms with van der Waals surface area (Å²) in [6, 6.07) is 0. The van der Waals surface area contributed by atoms with Crippen molar-refractivity contribution in [1.82, 2.24) is 14.8 Å². The van der Waals surface area contributed by atoms with E-state index in [-0.39, 0.29) is 5.82 Å². The third-order valence-electron chi connectivity index (χ3n) is 2.04. The molecule has 0 saturated heterocycles. The third-order valence-corrected chi connectivity index (χ3v) is 2.04. The van der Waals surface area contributed by atoms with Gasteiger partial charge in [-0.05, 0) is 12.8 Å². The van der Waals surface area contributed by atoms with Crippen molar-refractivity contribution in [3.63, 3.8) is 0 Å². The highest BCUT2D eigenvalue weighted by atomic mass is 16.4. The number of fused-ring (bicyclic) bond motifs is 1. The van der Waals surface area contributed by atoms with Crippen molar-refractivity contribution in [3.05, 3.63) is 11.6 Å². The second-order valence-electron chi connectivity index (χ2n) is 2.84. The summed E-state index contributed by atoms with van der Waals surface area (Å²) in [4.78, 5) is 10.5. The van der Waals surface area contributed by atoms with Crippen LogP contribution in [0, 0.1) is 0 Å². The van der Waals surface area contributed by atoms with Gasteiger partial charge in [-0.15, -0.1) is 10.2 Å². The molecule has 0 amide bonds. The average Bonchev–Trinajstić information content (AvgIpc) is 2.47. The zero-order valence-corrected chi connectivity index (χ0v) is 6.49. The first-order chi connectivity index (χ1) is 5.79. The van der Waals surface area contributed by atoms with E-state index in [1.807, 2.05) is 0 Å². The summed E-state index contributed by atoms with van der Waals surface area (Å²) in [5.74, 6) is -0.513. The lowest BCUT2D eigenvalue weighted by molar-refractivity contribution is -0.256. The zero-order valence-electron chi connectivity index (χ0n) is 6.49. The van der Waals surface area contributed by atoms with Crippen molar-refractivity contribution in [1.29, 1.82) is 0 Å². The molecule has 1 aromatic rings. The SMILES string of the molecule is O=C([O-])c1nnc2n1CCCC2. The summed E-state index contributed by atoms with van der Waals surface area (Å²) in [6.07, 6.45) is 2.87. The number of carboxylic acid groups (broad SMARTS) is 1. The Morgan fingerprint density at radius 1 is 1.42 bits per heavy atom. The zero-order chi connectivity index (χ0) is 8.55. The van der Waals surface area contributed by atoms with Crippen LogP contribution >= 0.6 is 0 Å². The van der Waals surface area contributed by atoms with E-state index in [0.717, 1.165) is 25.1 Å². The molecule has 1 aliphatic heterocycles. The molecule has 64 valence electrons. The van der Waals surface area contributed by atoms with Crippen LogP contribution in [-0.4, -0.2) is 20.7 Å². The van der Waals surface area contributed by atoms with Crippen molar-refractivity contribution in [3.8, 4) is 0 Å². The second-order valence-corrected chi connectivity index (χ2v) is 2.84. The molecule has 5 nitrogen and oxygen atoms in total. The molecular weight excluding hydrogens is 158 g/mol. The Bertz CT molecular complexity index is 318. The molecule has 1 aromatic heterocycles. The molecule has 0 atom stereocenters. The average molecular weight is 166 g/mol. The van der Waals surface area contributed by atoms with Gasteiger partial charge in [0.15, 0.2) is 5.82 Å². The summed E-state index contributed by atoms with van der Waals surface area (Å²) in [7, 11) is 0. The molecule has 1 aliphatic rings. The van der Waals surface area contributed by atoms with Crippen LogP contribution in [0.2, 0.25) is 0 Å². The van der Waals surface area contributed by atoms with Gasteiger partial charge in [-0.3, -0.25) is 0 Å². The van der Waals surface area contributed by atoms with Gasteiger partial charge in [0.2, 0.25) is 0 Å². The number of carboxylic acids is 1. The van der Waals surface area contributed by atoms with E-state index in [4.69, 9.17) is 0 Å². The lowest BCUT2D eigenvalue weighted by atomic mass is 10.2. The predicted octanol–water partition coefficient (Wildman–Crippen LogP) is -1.02. The lowest BCUT2D eigenvalue weighted by Gasteiger charge is -2.14. The van der Waals surface area contributed by atoms with Crippen LogP contribution < -0.4 is 5.11 Å². The third kappa shape index (κ3) is 0.975. The standard InChI is InChI=1S/C7H9N3O2/c11-7(12)6-9-8-5-3-1-2-4-10(5)6/h1-4H2,(H,11,12)/p-1. The lowest BCUT2D eigenvalue weighted by Crippen LogP contribution is -2.28. The van der Waals surface area contributed by atoms with Gasteiger partial charge >= 0.3 is 0 Å². The maximum Gasteiger partial charge on any atom is 0.179 e. The van der Waals surface area contributed by atoms with Crippen molar-refractivity contribution in [2.45, 2.75) is 25.8 Å². The highest BCUT2D eigenvalue weighted by molar-refractivity contribution is 5.81. The Hall–Kier alpha value is -1.39. The Morgan fingerprint density at radius 3 is 3.00 bits per heavy atom. The molecule has 2 rings (SSSR count). The first-order valence-electron chi connectivity index (χ1n) is 3.92. The minimum Gasteiger partial charge on any atom is -0.541 e. The topological polar surface area (TPSA) is 70.8 Å². The number of nitrogens with zero attached hydrogens (tertiary/aromatic N) is 3. The predicted molar refractivity (Wildman–Crippen MR) is 37.3 cm³/mol. The number of aromatic nitrogens is 3. The molecule has 0 spiro atoms. The van der Waals surface area contributed by atoms with Crippen LogP contribution in [0.5, 0.6) is 0 Å². The number of aryl methyl sites for hydroxylation is 1. The number of rotatable bonds is 1. The molecular formula is C7H8N3O2-. The fourth-order valence-electron chi connectivity index (χ4n) is 1.46. The number of carbonyl (C=O) groups is 1. The molecule has 0 aromatic carbocycles. The molecule has 12 heavy (non-hydrogen) atoms. The van der Waals surface area contributed by atoms with E-state index < -0.39 is 5.97 Å². The minimum absolute atomic E-state index is 0.0373. The summed E-state index contributed by atoms with van der Waals surface area (Å²) in [5, 5.41) is 17.8. The van der Waals surface area contributed by atoms with E-state index >= 15 is 0 Å². The maximum atomic E-state index is 10.5. The molecule has 0 radical (unpaired) electrons. The smallest absolute Gasteiger partial charge is 0.179 e. The van der Waals surface area contributed by atoms with Crippen molar-refractivity contribution in [2.24, 2.45) is 0 Å². The van der Waals surface area contributed by atoms with Gasteiger partial charge in [-0.2, -0.15) is 0 Å². The first kappa shape index (κ1) is 7.27. The highest BCUT2D eigenvalue weighted by Gasteiger charge is 2.15. The Kier molecular flexibility index (Phi) is 1.56. The monoisotopic (exact) mass is 166 g/mol. The molecule has 0 aliphatic carbocycles. The Labute approximate surface area is 69.0 Å². The van der Waals surface area contributed by atoms with E-state index in [2.05, 4.69) is 10.2 Å². The first-order valence-corrected chi connectivity index (χ1v) is 3.92. The summed E-state index contributed by atoms with van der Waals surface area (Å²) >= 11 is 0. The van der Waals surface area contributed by atoms with Crippen LogP contribution in [0.25, 0.3) is 0 Å². The fourth-order valence-corrected chi connectivity index (χ4v) is 1.46. The minimum atomic E-state index is -1.24. The van der Waals surface area contributed by atoms with Gasteiger partial charge in [0.25, 0.3) is 0 Å². The van der Waals surface area contributed by atoms with Crippen molar-refractivity contribution < 1.29 is 9.90 Å². The molecule has 0 unspecified atom stereocenters. The number of aromatic carboxylic acids is 1. The molecule has 0 N–H and O–H groups in total. The summed E-state index contributed by atoms with van der Waals surface area (Å²) in [6.45, 7) is 0.700. The van der Waals surface area contributed by atoms with Crippen LogP contribution in [0.4, 0.5) is 0 Å². The van der Waals surface area contributed by atoms with Gasteiger partial charge in [-0.1, -0.05) is 0 Å². The quantitative estimate of drug-likeness (QED) is 0.535. The summed E-state index contributed by atoms with van der Waals surface area (Å²) in [5.41, 5.74) is 0. The molecule has 0 bridgehead atoms. The van der Waals surface area contributed by atoms with E-state index in [1.165, 1.54) is 0 Å².